The van der Waals surface area contributed by atoms with Gasteiger partial charge in [-0.05, 0) is 27.7 Å². The van der Waals surface area contributed by atoms with Crippen LogP contribution in [0.1, 0.15) is 27.7 Å². The Kier molecular flexibility index (Phi) is 3.61. The molecule has 7 nitrogen and oxygen atoms in total. The molecule has 112 valence electrons. The zero-order valence-electron chi connectivity index (χ0n) is 12.7. The summed E-state index contributed by atoms with van der Waals surface area (Å²) in [6, 6.07) is 0. The van der Waals surface area contributed by atoms with Crippen LogP contribution in [0.15, 0.2) is 4.99 Å². The minimum atomic E-state index is -3.51. The molecule has 20 heavy (non-hydrogen) atoms. The molecule has 9 heteroatoms. The van der Waals surface area contributed by atoms with Crippen molar-refractivity contribution in [1.82, 2.24) is 4.31 Å². The summed E-state index contributed by atoms with van der Waals surface area (Å²) in [5.41, 5.74) is -0.446. The molecule has 0 atom stereocenters. The Morgan fingerprint density at radius 3 is 2.20 bits per heavy atom. The van der Waals surface area contributed by atoms with Gasteiger partial charge in [0.25, 0.3) is 6.67 Å². The van der Waals surface area contributed by atoms with Crippen molar-refractivity contribution in [3.8, 4) is 0 Å². The van der Waals surface area contributed by atoms with E-state index in [0.717, 1.165) is 4.31 Å². The van der Waals surface area contributed by atoms with E-state index in [0.29, 0.717) is 5.61 Å². The largest absolute Gasteiger partial charge is 0.520 e. The predicted octanol–water partition coefficient (Wildman–Crippen LogP) is -0.0804. The van der Waals surface area contributed by atoms with E-state index in [1.807, 2.05) is 27.7 Å². The van der Waals surface area contributed by atoms with Crippen LogP contribution in [-0.4, -0.2) is 67.6 Å². The molecule has 0 unspecified atom stereocenters. The molecular weight excluding hydrogens is 281 g/mol. The molecule has 0 bridgehead atoms. The predicted molar refractivity (Wildman–Crippen MR) is 77.3 cm³/mol. The first-order valence-corrected chi connectivity index (χ1v) is 7.81. The fourth-order valence-electron chi connectivity index (χ4n) is 1.83. The van der Waals surface area contributed by atoms with Crippen molar-refractivity contribution < 1.29 is 21.7 Å². The van der Waals surface area contributed by atoms with E-state index < -0.39 is 28.5 Å². The molecule has 0 aromatic heterocycles. The second-order valence-corrected chi connectivity index (χ2v) is 8.21. The van der Waals surface area contributed by atoms with E-state index in [-0.39, 0.29) is 6.67 Å². The quantitative estimate of drug-likeness (QED) is 0.540. The van der Waals surface area contributed by atoms with Crippen LogP contribution < -0.4 is 0 Å². The Labute approximate surface area is 120 Å². The van der Waals surface area contributed by atoms with Gasteiger partial charge in [-0.1, -0.05) is 3.98 Å². The second kappa shape index (κ2) is 4.62. The van der Waals surface area contributed by atoms with Gasteiger partial charge in [0.1, 0.15) is 5.61 Å². The summed E-state index contributed by atoms with van der Waals surface area (Å²) >= 11 is 0. The summed E-state index contributed by atoms with van der Waals surface area (Å²) in [4.78, 5) is 4.21. The van der Waals surface area contributed by atoms with E-state index in [9.17, 15) is 8.42 Å². The Hall–Kier alpha value is -0.765. The molecule has 0 aliphatic carbocycles. The Bertz CT molecular complexity index is 564. The lowest BCUT2D eigenvalue weighted by Crippen LogP contribution is -2.41. The standard InChI is InChI=1S/C11H21BN3O4S/c1-10(2)11(3,4)19-12(18-10)9-7-15(8-13-9)20(16,17)14(5)6/h7H,8H2,1-6H3/q+1. The molecule has 0 radical (unpaired) electrons. The molecule has 2 aliphatic rings. The van der Waals surface area contributed by atoms with Crippen LogP contribution in [0.4, 0.5) is 0 Å². The van der Waals surface area contributed by atoms with Crippen molar-refractivity contribution in [2.75, 3.05) is 20.8 Å². The van der Waals surface area contributed by atoms with Crippen molar-refractivity contribution >= 4 is 29.2 Å². The molecule has 0 aromatic carbocycles. The van der Waals surface area contributed by atoms with E-state index in [1.54, 1.807) is 0 Å². The van der Waals surface area contributed by atoms with E-state index in [2.05, 4.69) is 4.99 Å². The molecule has 0 aromatic rings. The van der Waals surface area contributed by atoms with Crippen LogP contribution in [-0.2, 0) is 19.5 Å². The first-order valence-electron chi connectivity index (χ1n) is 6.41. The van der Waals surface area contributed by atoms with Gasteiger partial charge in [0.05, 0.1) is 11.2 Å². The lowest BCUT2D eigenvalue weighted by atomic mass is 9.83. The number of hydrogen-bond acceptors (Lipinski definition) is 5. The van der Waals surface area contributed by atoms with Crippen molar-refractivity contribution in [1.29, 1.82) is 0 Å². The number of hydrogen-bond donors (Lipinski definition) is 0. The van der Waals surface area contributed by atoms with Gasteiger partial charge >= 0.3 is 17.3 Å². The molecule has 2 heterocycles. The minimum absolute atomic E-state index is 0.0555. The zero-order chi connectivity index (χ0) is 15.3. The maximum atomic E-state index is 12.0. The van der Waals surface area contributed by atoms with E-state index in [1.165, 1.54) is 24.3 Å². The van der Waals surface area contributed by atoms with Crippen LogP contribution >= 0.6 is 0 Å². The molecule has 2 rings (SSSR count). The molecule has 0 N–H and O–H groups in total. The third-order valence-electron chi connectivity index (χ3n) is 3.92. The Balaban J connectivity index is 2.21. The van der Waals surface area contributed by atoms with Crippen LogP contribution in [0.3, 0.4) is 0 Å². The third-order valence-corrected chi connectivity index (χ3v) is 5.66. The molecule has 1 fully saturated rings. The normalized spacial score (nSPS) is 25.1. The maximum absolute atomic E-state index is 12.0. The van der Waals surface area contributed by atoms with Gasteiger partial charge in [-0.3, -0.25) is 0 Å². The van der Waals surface area contributed by atoms with Crippen molar-refractivity contribution in [3.05, 3.63) is 0 Å². The molecule has 2 aliphatic heterocycles. The third kappa shape index (κ3) is 2.43. The van der Waals surface area contributed by atoms with Crippen molar-refractivity contribution in [3.63, 3.8) is 0 Å². The number of nitrogens with zero attached hydrogens (tertiary/aromatic N) is 3. The topological polar surface area (TPSA) is 71.2 Å². The van der Waals surface area contributed by atoms with Crippen molar-refractivity contribution in [2.45, 2.75) is 38.9 Å². The van der Waals surface area contributed by atoms with Gasteiger partial charge < -0.3 is 9.31 Å². The molecule has 0 saturated carbocycles. The van der Waals surface area contributed by atoms with Crippen LogP contribution in [0.2, 0.25) is 0 Å². The average Bonchev–Trinajstić information content (AvgIpc) is 2.82. The SMILES string of the molecule is CN(C)S(=O)(=O)[N+]1=CC(B2OC(C)(C)C(C)(C)O2)=NC1. The lowest BCUT2D eigenvalue weighted by Gasteiger charge is -2.32. The van der Waals surface area contributed by atoms with Crippen LogP contribution in [0.5, 0.6) is 0 Å². The summed E-state index contributed by atoms with van der Waals surface area (Å²) in [7, 11) is -1.18. The summed E-state index contributed by atoms with van der Waals surface area (Å²) in [5, 5.41) is 0. The summed E-state index contributed by atoms with van der Waals surface area (Å²) in [6.07, 6.45) is 1.47. The van der Waals surface area contributed by atoms with Gasteiger partial charge in [0, 0.05) is 14.1 Å². The number of aliphatic imine (C=N–C) groups is 1. The molecular formula is C11H21BN3O4S+. The minimum Gasteiger partial charge on any atom is -0.398 e. The average molecular weight is 302 g/mol. The highest BCUT2D eigenvalue weighted by Crippen LogP contribution is 2.37. The van der Waals surface area contributed by atoms with E-state index >= 15 is 0 Å². The summed E-state index contributed by atoms with van der Waals surface area (Å²) < 4.78 is 38.0. The van der Waals surface area contributed by atoms with Gasteiger partial charge in [-0.2, -0.15) is 4.31 Å². The fourth-order valence-corrected chi connectivity index (χ4v) is 2.69. The van der Waals surface area contributed by atoms with Crippen LogP contribution in [0, 0.1) is 0 Å². The maximum Gasteiger partial charge on any atom is 0.520 e. The van der Waals surface area contributed by atoms with Gasteiger partial charge in [-0.15, -0.1) is 8.42 Å². The lowest BCUT2D eigenvalue weighted by molar-refractivity contribution is -0.357. The number of rotatable bonds is 3. The molecule has 0 amide bonds. The first-order chi connectivity index (χ1) is 8.97. The first kappa shape index (κ1) is 15.6. The Morgan fingerprint density at radius 1 is 1.25 bits per heavy atom. The second-order valence-electron chi connectivity index (χ2n) is 6.12. The summed E-state index contributed by atoms with van der Waals surface area (Å²) in [5.74, 6) is 0. The smallest absolute Gasteiger partial charge is 0.398 e. The van der Waals surface area contributed by atoms with Crippen LogP contribution in [0.25, 0.3) is 0 Å². The highest BCUT2D eigenvalue weighted by Gasteiger charge is 2.54. The van der Waals surface area contributed by atoms with Gasteiger partial charge in [0.2, 0.25) is 6.21 Å². The molecule has 1 saturated heterocycles. The van der Waals surface area contributed by atoms with E-state index in [4.69, 9.17) is 9.31 Å². The Morgan fingerprint density at radius 2 is 1.75 bits per heavy atom. The highest BCUT2D eigenvalue weighted by molar-refractivity contribution is 7.83. The summed E-state index contributed by atoms with van der Waals surface area (Å²) in [6.45, 7) is 7.82. The molecule has 0 spiro atoms. The fraction of sp³-hybridized carbons (Fsp3) is 0.818. The van der Waals surface area contributed by atoms with Gasteiger partial charge in [-0.25, -0.2) is 4.99 Å². The highest BCUT2D eigenvalue weighted by atomic mass is 32.2. The van der Waals surface area contributed by atoms with Crippen molar-refractivity contribution in [2.24, 2.45) is 4.99 Å². The zero-order valence-corrected chi connectivity index (χ0v) is 13.6. The monoisotopic (exact) mass is 302 g/mol. The van der Waals surface area contributed by atoms with Gasteiger partial charge in [0.15, 0.2) is 0 Å².